The standard InChI is InChI=1S/C32H35N3O4/c1-4-24-15-17-26(18-16-24)35-31(33-28-14-10-9-13-27(28)32(35)38)23(3)34(22-21-25-11-7-6-8-12-25)29(36)19-20-30(37)39-5-2/h6-18,23H,4-5,19-22H2,1-3H3. The monoisotopic (exact) mass is 525 g/mol. The molecular formula is C32H35N3O4. The summed E-state index contributed by atoms with van der Waals surface area (Å²) in [5, 5.41) is 0.512. The van der Waals surface area contributed by atoms with Crippen molar-refractivity contribution in [2.75, 3.05) is 13.2 Å². The molecule has 0 saturated carbocycles. The summed E-state index contributed by atoms with van der Waals surface area (Å²) in [5.41, 5.74) is 3.33. The van der Waals surface area contributed by atoms with E-state index in [4.69, 9.17) is 9.72 Å². The normalized spacial score (nSPS) is 11.8. The van der Waals surface area contributed by atoms with Crippen LogP contribution in [-0.4, -0.2) is 39.5 Å². The SMILES string of the molecule is CCOC(=O)CCC(=O)N(CCc1ccccc1)C(C)c1nc2ccccc2c(=O)n1-c1ccc(CC)cc1. The number of esters is 1. The Bertz CT molecular complexity index is 1480. The Hall–Kier alpha value is -4.26. The maximum atomic E-state index is 13.8. The largest absolute Gasteiger partial charge is 0.466 e. The van der Waals surface area contributed by atoms with Gasteiger partial charge in [-0.1, -0.05) is 61.5 Å². The van der Waals surface area contributed by atoms with Gasteiger partial charge in [-0.2, -0.15) is 0 Å². The zero-order chi connectivity index (χ0) is 27.8. The fourth-order valence-electron chi connectivity index (χ4n) is 4.71. The number of aromatic nitrogens is 2. The minimum absolute atomic E-state index is 0.00232. The molecule has 39 heavy (non-hydrogen) atoms. The lowest BCUT2D eigenvalue weighted by atomic mass is 10.1. The van der Waals surface area contributed by atoms with E-state index in [1.54, 1.807) is 22.5 Å². The number of hydrogen-bond acceptors (Lipinski definition) is 5. The molecule has 202 valence electrons. The molecule has 1 heterocycles. The van der Waals surface area contributed by atoms with Crippen molar-refractivity contribution in [2.24, 2.45) is 0 Å². The lowest BCUT2D eigenvalue weighted by molar-refractivity contribution is -0.146. The molecule has 0 radical (unpaired) electrons. The van der Waals surface area contributed by atoms with Crippen LogP contribution >= 0.6 is 0 Å². The first-order chi connectivity index (χ1) is 18.9. The van der Waals surface area contributed by atoms with E-state index in [1.807, 2.05) is 79.7 Å². The van der Waals surface area contributed by atoms with E-state index in [-0.39, 0.29) is 30.9 Å². The number of carbonyl (C=O) groups is 2. The number of aryl methyl sites for hydroxylation is 1. The second-order valence-corrected chi connectivity index (χ2v) is 9.45. The second-order valence-electron chi connectivity index (χ2n) is 9.45. The van der Waals surface area contributed by atoms with Crippen LogP contribution in [0.2, 0.25) is 0 Å². The average molecular weight is 526 g/mol. The molecule has 7 nitrogen and oxygen atoms in total. The number of carbonyl (C=O) groups excluding carboxylic acids is 2. The molecule has 4 rings (SSSR count). The number of ether oxygens (including phenoxy) is 1. The summed E-state index contributed by atoms with van der Waals surface area (Å²) >= 11 is 0. The number of amides is 1. The predicted octanol–water partition coefficient (Wildman–Crippen LogP) is 5.42. The summed E-state index contributed by atoms with van der Waals surface area (Å²) < 4.78 is 6.65. The summed E-state index contributed by atoms with van der Waals surface area (Å²) in [5.74, 6) is -0.125. The topological polar surface area (TPSA) is 81.5 Å². The molecule has 0 N–H and O–H groups in total. The van der Waals surface area contributed by atoms with Gasteiger partial charge >= 0.3 is 5.97 Å². The number of benzene rings is 3. The Balaban J connectivity index is 1.77. The second kappa shape index (κ2) is 13.0. The van der Waals surface area contributed by atoms with E-state index >= 15 is 0 Å². The summed E-state index contributed by atoms with van der Waals surface area (Å²) in [4.78, 5) is 46.1. The molecule has 0 fully saturated rings. The molecule has 7 heteroatoms. The third-order valence-electron chi connectivity index (χ3n) is 6.90. The molecule has 1 amide bonds. The first-order valence-electron chi connectivity index (χ1n) is 13.5. The minimum atomic E-state index is -0.536. The maximum Gasteiger partial charge on any atom is 0.306 e. The van der Waals surface area contributed by atoms with Gasteiger partial charge in [-0.15, -0.1) is 0 Å². The average Bonchev–Trinajstić information content (AvgIpc) is 2.97. The van der Waals surface area contributed by atoms with Crippen molar-refractivity contribution in [1.82, 2.24) is 14.5 Å². The molecule has 0 aliphatic heterocycles. The maximum absolute atomic E-state index is 13.8. The molecule has 1 unspecified atom stereocenters. The molecule has 0 bridgehead atoms. The molecule has 1 atom stereocenters. The van der Waals surface area contributed by atoms with Gasteiger partial charge in [0, 0.05) is 13.0 Å². The highest BCUT2D eigenvalue weighted by molar-refractivity contribution is 5.82. The third kappa shape index (κ3) is 6.60. The third-order valence-corrected chi connectivity index (χ3v) is 6.90. The van der Waals surface area contributed by atoms with Gasteiger partial charge in [-0.05, 0) is 62.1 Å². The first-order valence-corrected chi connectivity index (χ1v) is 13.5. The van der Waals surface area contributed by atoms with E-state index in [0.717, 1.165) is 17.5 Å². The molecule has 3 aromatic carbocycles. The Morgan fingerprint density at radius 2 is 1.59 bits per heavy atom. The first kappa shape index (κ1) is 27.8. The molecular weight excluding hydrogens is 490 g/mol. The Morgan fingerprint density at radius 3 is 2.28 bits per heavy atom. The van der Waals surface area contributed by atoms with E-state index in [0.29, 0.717) is 35.4 Å². The molecule has 0 aliphatic rings. The number of nitrogens with zero attached hydrogens (tertiary/aromatic N) is 3. The summed E-state index contributed by atoms with van der Waals surface area (Å²) in [7, 11) is 0. The number of para-hydroxylation sites is 1. The molecule has 0 spiro atoms. The Morgan fingerprint density at radius 1 is 0.897 bits per heavy atom. The quantitative estimate of drug-likeness (QED) is 0.244. The highest BCUT2D eigenvalue weighted by Gasteiger charge is 2.27. The Kier molecular flexibility index (Phi) is 9.26. The van der Waals surface area contributed by atoms with Gasteiger partial charge in [-0.3, -0.25) is 19.0 Å². The number of hydrogen-bond donors (Lipinski definition) is 0. The molecule has 4 aromatic rings. The minimum Gasteiger partial charge on any atom is -0.466 e. The van der Waals surface area contributed by atoms with Gasteiger partial charge in [0.1, 0.15) is 5.82 Å². The lowest BCUT2D eigenvalue weighted by Gasteiger charge is -2.31. The van der Waals surface area contributed by atoms with Crippen molar-refractivity contribution in [1.29, 1.82) is 0 Å². The number of rotatable bonds is 11. The van der Waals surface area contributed by atoms with Crippen molar-refractivity contribution in [3.8, 4) is 5.69 Å². The van der Waals surface area contributed by atoms with E-state index in [9.17, 15) is 14.4 Å². The molecule has 0 aliphatic carbocycles. The predicted molar refractivity (Wildman–Crippen MR) is 153 cm³/mol. The van der Waals surface area contributed by atoms with Crippen LogP contribution in [-0.2, 0) is 27.2 Å². The van der Waals surface area contributed by atoms with Crippen LogP contribution in [0.25, 0.3) is 16.6 Å². The van der Waals surface area contributed by atoms with Gasteiger partial charge in [0.15, 0.2) is 0 Å². The van der Waals surface area contributed by atoms with Crippen LogP contribution < -0.4 is 5.56 Å². The van der Waals surface area contributed by atoms with Gasteiger partial charge in [0.25, 0.3) is 5.56 Å². The highest BCUT2D eigenvalue weighted by atomic mass is 16.5. The van der Waals surface area contributed by atoms with Gasteiger partial charge in [0.2, 0.25) is 5.91 Å². The van der Waals surface area contributed by atoms with Crippen LogP contribution in [0.4, 0.5) is 0 Å². The highest BCUT2D eigenvalue weighted by Crippen LogP contribution is 2.24. The van der Waals surface area contributed by atoms with Crippen molar-refractivity contribution >= 4 is 22.8 Å². The summed E-state index contributed by atoms with van der Waals surface area (Å²) in [6, 6.07) is 24.5. The van der Waals surface area contributed by atoms with E-state index in [1.165, 1.54) is 0 Å². The van der Waals surface area contributed by atoms with E-state index in [2.05, 4.69) is 6.92 Å². The van der Waals surface area contributed by atoms with E-state index < -0.39 is 12.0 Å². The van der Waals surface area contributed by atoms with Crippen molar-refractivity contribution in [3.63, 3.8) is 0 Å². The number of fused-ring (bicyclic) bond motifs is 1. The van der Waals surface area contributed by atoms with Crippen LogP contribution in [0.3, 0.4) is 0 Å². The van der Waals surface area contributed by atoms with Crippen LogP contribution in [0, 0.1) is 0 Å². The Labute approximate surface area is 229 Å². The summed E-state index contributed by atoms with van der Waals surface area (Å²) in [6.07, 6.45) is 1.52. The lowest BCUT2D eigenvalue weighted by Crippen LogP contribution is -2.39. The van der Waals surface area contributed by atoms with Crippen LogP contribution in [0.5, 0.6) is 0 Å². The fourth-order valence-corrected chi connectivity index (χ4v) is 4.71. The smallest absolute Gasteiger partial charge is 0.306 e. The summed E-state index contributed by atoms with van der Waals surface area (Å²) in [6.45, 7) is 6.39. The molecule has 1 aromatic heterocycles. The van der Waals surface area contributed by atoms with Crippen LogP contribution in [0.15, 0.2) is 83.7 Å². The van der Waals surface area contributed by atoms with Crippen molar-refractivity contribution in [2.45, 2.75) is 52.5 Å². The zero-order valence-corrected chi connectivity index (χ0v) is 22.8. The van der Waals surface area contributed by atoms with Gasteiger partial charge in [0.05, 0.1) is 35.7 Å². The zero-order valence-electron chi connectivity index (χ0n) is 22.8. The van der Waals surface area contributed by atoms with Crippen molar-refractivity contribution in [3.05, 3.63) is 106 Å². The van der Waals surface area contributed by atoms with Gasteiger partial charge in [-0.25, -0.2) is 4.98 Å². The molecule has 0 saturated heterocycles. The van der Waals surface area contributed by atoms with Gasteiger partial charge < -0.3 is 9.64 Å². The fraction of sp³-hybridized carbons (Fsp3) is 0.312. The van der Waals surface area contributed by atoms with Crippen LogP contribution in [0.1, 0.15) is 56.6 Å². The van der Waals surface area contributed by atoms with Crippen molar-refractivity contribution < 1.29 is 14.3 Å².